The van der Waals surface area contributed by atoms with Crippen molar-refractivity contribution in [3.8, 4) is 11.5 Å². The number of nitrogens with zero attached hydrogens (tertiary/aromatic N) is 1. The van der Waals surface area contributed by atoms with Gasteiger partial charge in [-0.1, -0.05) is 24.3 Å². The van der Waals surface area contributed by atoms with Gasteiger partial charge in [-0.15, -0.1) is 0 Å². The van der Waals surface area contributed by atoms with Crippen molar-refractivity contribution in [1.29, 1.82) is 0 Å². The van der Waals surface area contributed by atoms with Crippen LogP contribution < -0.4 is 14.8 Å². The number of hydrogen-bond donors (Lipinski definition) is 1. The summed E-state index contributed by atoms with van der Waals surface area (Å²) in [7, 11) is -2.14. The summed E-state index contributed by atoms with van der Waals surface area (Å²) < 4.78 is 38.3. The van der Waals surface area contributed by atoms with Crippen LogP contribution in [0.1, 0.15) is 12.5 Å². The van der Waals surface area contributed by atoms with E-state index in [1.54, 1.807) is 18.2 Å². The molecule has 27 heavy (non-hydrogen) atoms. The molecule has 2 aromatic rings. The first kappa shape index (κ1) is 19.2. The number of rotatable bonds is 6. The third-order valence-electron chi connectivity index (χ3n) is 4.20. The fourth-order valence-electron chi connectivity index (χ4n) is 2.72. The Bertz CT molecular complexity index is 912. The van der Waals surface area contributed by atoms with Gasteiger partial charge < -0.3 is 14.8 Å². The maximum atomic E-state index is 12.8. The second-order valence-corrected chi connectivity index (χ2v) is 8.38. The van der Waals surface area contributed by atoms with E-state index in [1.165, 1.54) is 30.4 Å². The summed E-state index contributed by atoms with van der Waals surface area (Å²) in [6.45, 7) is 2.25. The van der Waals surface area contributed by atoms with Crippen LogP contribution in [0.5, 0.6) is 11.5 Å². The van der Waals surface area contributed by atoms with Crippen molar-refractivity contribution in [2.24, 2.45) is 0 Å². The van der Waals surface area contributed by atoms with Crippen LogP contribution in [-0.4, -0.2) is 44.9 Å². The van der Waals surface area contributed by atoms with E-state index in [0.717, 1.165) is 5.56 Å². The standard InChI is InChI=1S/C19H22N2O5S/c1-14(22)20-11-15-7-9-17(10-8-15)27(23,24)21(2)12-16-13-25-18-5-3-4-6-19(18)26-16/h3-10,16H,11-13H2,1-2H3,(H,20,22)/t16-/m1/s1. The lowest BCUT2D eigenvalue weighted by atomic mass is 10.2. The summed E-state index contributed by atoms with van der Waals surface area (Å²) in [5, 5.41) is 2.68. The number of fused-ring (bicyclic) bond motifs is 1. The van der Waals surface area contributed by atoms with E-state index < -0.39 is 16.1 Å². The second-order valence-electron chi connectivity index (χ2n) is 6.34. The Hall–Kier alpha value is -2.58. The number of para-hydroxylation sites is 2. The first-order valence-electron chi connectivity index (χ1n) is 8.54. The lowest BCUT2D eigenvalue weighted by Gasteiger charge is -2.29. The summed E-state index contributed by atoms with van der Waals surface area (Å²) in [5.41, 5.74) is 0.826. The molecule has 1 aliphatic heterocycles. The number of ether oxygens (including phenoxy) is 2. The van der Waals surface area contributed by atoms with Crippen molar-refractivity contribution in [2.45, 2.75) is 24.5 Å². The monoisotopic (exact) mass is 390 g/mol. The van der Waals surface area contributed by atoms with Gasteiger partial charge in [0.2, 0.25) is 15.9 Å². The summed E-state index contributed by atoms with van der Waals surface area (Å²) in [6.07, 6.45) is -0.390. The largest absolute Gasteiger partial charge is 0.486 e. The number of nitrogens with one attached hydrogen (secondary N) is 1. The smallest absolute Gasteiger partial charge is 0.242 e. The van der Waals surface area contributed by atoms with E-state index in [2.05, 4.69) is 5.32 Å². The lowest BCUT2D eigenvalue weighted by molar-refractivity contribution is -0.119. The van der Waals surface area contributed by atoms with Crippen molar-refractivity contribution in [2.75, 3.05) is 20.2 Å². The van der Waals surface area contributed by atoms with Gasteiger partial charge >= 0.3 is 0 Å². The average Bonchev–Trinajstić information content (AvgIpc) is 2.66. The molecule has 8 heteroatoms. The Labute approximate surface area is 158 Å². The van der Waals surface area contributed by atoms with Crippen LogP contribution >= 0.6 is 0 Å². The van der Waals surface area contributed by atoms with E-state index in [0.29, 0.717) is 18.0 Å². The van der Waals surface area contributed by atoms with Crippen LogP contribution in [0.25, 0.3) is 0 Å². The maximum Gasteiger partial charge on any atom is 0.242 e. The molecule has 0 saturated heterocycles. The van der Waals surface area contributed by atoms with Crippen LogP contribution in [0, 0.1) is 0 Å². The highest BCUT2D eigenvalue weighted by Gasteiger charge is 2.28. The molecule has 0 bridgehead atoms. The van der Waals surface area contributed by atoms with Crippen LogP contribution in [0.15, 0.2) is 53.4 Å². The topological polar surface area (TPSA) is 84.9 Å². The molecule has 0 spiro atoms. The minimum absolute atomic E-state index is 0.136. The summed E-state index contributed by atoms with van der Waals surface area (Å²) in [4.78, 5) is 11.2. The average molecular weight is 390 g/mol. The third-order valence-corrected chi connectivity index (χ3v) is 6.04. The summed E-state index contributed by atoms with van der Waals surface area (Å²) >= 11 is 0. The molecule has 1 aliphatic rings. The normalized spacial score (nSPS) is 16.2. The van der Waals surface area contributed by atoms with E-state index in [9.17, 15) is 13.2 Å². The zero-order valence-corrected chi connectivity index (χ0v) is 16.0. The SMILES string of the molecule is CC(=O)NCc1ccc(S(=O)(=O)N(C)C[C@@H]2COc3ccccc3O2)cc1. The predicted octanol–water partition coefficient (Wildman–Crippen LogP) is 1.78. The predicted molar refractivity (Wildman–Crippen MR) is 100 cm³/mol. The molecule has 7 nitrogen and oxygen atoms in total. The highest BCUT2D eigenvalue weighted by Crippen LogP contribution is 2.31. The lowest BCUT2D eigenvalue weighted by Crippen LogP contribution is -2.41. The number of carbonyl (C=O) groups excluding carboxylic acids is 1. The van der Waals surface area contributed by atoms with Crippen LogP contribution in [0.3, 0.4) is 0 Å². The first-order chi connectivity index (χ1) is 12.9. The first-order valence-corrected chi connectivity index (χ1v) is 9.98. The highest BCUT2D eigenvalue weighted by atomic mass is 32.2. The van der Waals surface area contributed by atoms with Gasteiger partial charge in [0, 0.05) is 20.5 Å². The quantitative estimate of drug-likeness (QED) is 0.813. The van der Waals surface area contributed by atoms with E-state index in [4.69, 9.17) is 9.47 Å². The highest BCUT2D eigenvalue weighted by molar-refractivity contribution is 7.89. The fraction of sp³-hybridized carbons (Fsp3) is 0.316. The summed E-state index contributed by atoms with van der Waals surface area (Å²) in [6, 6.07) is 13.8. The van der Waals surface area contributed by atoms with Gasteiger partial charge in [0.25, 0.3) is 0 Å². The maximum absolute atomic E-state index is 12.8. The van der Waals surface area contributed by atoms with Gasteiger partial charge in [-0.05, 0) is 29.8 Å². The molecule has 1 N–H and O–H groups in total. The van der Waals surface area contributed by atoms with Gasteiger partial charge in [0.15, 0.2) is 11.5 Å². The zero-order valence-electron chi connectivity index (χ0n) is 15.2. The molecule has 0 radical (unpaired) electrons. The number of carbonyl (C=O) groups is 1. The van der Waals surface area contributed by atoms with Crippen LogP contribution in [0.4, 0.5) is 0 Å². The van der Waals surface area contributed by atoms with Crippen molar-refractivity contribution >= 4 is 15.9 Å². The van der Waals surface area contributed by atoms with Gasteiger partial charge in [0.1, 0.15) is 12.7 Å². The van der Waals surface area contributed by atoms with E-state index in [1.807, 2.05) is 18.2 Å². The molecular formula is C19H22N2O5S. The molecule has 1 amide bonds. The minimum atomic E-state index is -3.65. The van der Waals surface area contributed by atoms with Gasteiger partial charge in [0.05, 0.1) is 11.4 Å². The molecule has 0 aromatic heterocycles. The molecule has 1 atom stereocenters. The molecule has 144 valence electrons. The molecule has 0 aliphatic carbocycles. The van der Waals surface area contributed by atoms with Crippen molar-refractivity contribution in [3.63, 3.8) is 0 Å². The Kier molecular flexibility index (Phi) is 5.67. The Balaban J connectivity index is 1.65. The van der Waals surface area contributed by atoms with Crippen molar-refractivity contribution in [1.82, 2.24) is 9.62 Å². The fourth-order valence-corrected chi connectivity index (χ4v) is 3.93. The number of amides is 1. The molecular weight excluding hydrogens is 368 g/mol. The van der Waals surface area contributed by atoms with Gasteiger partial charge in [-0.2, -0.15) is 4.31 Å². The minimum Gasteiger partial charge on any atom is -0.486 e. The number of likely N-dealkylation sites (N-methyl/N-ethyl adjacent to an activating group) is 1. The molecule has 3 rings (SSSR count). The molecule has 2 aromatic carbocycles. The summed E-state index contributed by atoms with van der Waals surface area (Å²) in [5.74, 6) is 1.14. The Morgan fingerprint density at radius 1 is 1.15 bits per heavy atom. The molecule has 0 unspecified atom stereocenters. The van der Waals surface area contributed by atoms with Gasteiger partial charge in [-0.3, -0.25) is 4.79 Å². The van der Waals surface area contributed by atoms with Crippen LogP contribution in [0.2, 0.25) is 0 Å². The zero-order chi connectivity index (χ0) is 19.4. The van der Waals surface area contributed by atoms with Gasteiger partial charge in [-0.25, -0.2) is 8.42 Å². The number of sulfonamides is 1. The molecule has 0 fully saturated rings. The molecule has 0 saturated carbocycles. The second kappa shape index (κ2) is 7.98. The van der Waals surface area contributed by atoms with Crippen LogP contribution in [-0.2, 0) is 21.4 Å². The van der Waals surface area contributed by atoms with Crippen molar-refractivity contribution < 1.29 is 22.7 Å². The Morgan fingerprint density at radius 2 is 1.81 bits per heavy atom. The van der Waals surface area contributed by atoms with E-state index >= 15 is 0 Å². The Morgan fingerprint density at radius 3 is 2.48 bits per heavy atom. The van der Waals surface area contributed by atoms with Crippen molar-refractivity contribution in [3.05, 3.63) is 54.1 Å². The van der Waals surface area contributed by atoms with E-state index in [-0.39, 0.29) is 24.0 Å². The third kappa shape index (κ3) is 4.58. The number of benzene rings is 2. The molecule has 1 heterocycles. The number of hydrogen-bond acceptors (Lipinski definition) is 5.